The second kappa shape index (κ2) is 8.70. The number of rotatable bonds is 5. The largest absolute Gasteiger partial charge is 0.341 e. The van der Waals surface area contributed by atoms with Crippen LogP contribution in [0.1, 0.15) is 6.42 Å². The van der Waals surface area contributed by atoms with Crippen LogP contribution in [0.2, 0.25) is 0 Å². The van der Waals surface area contributed by atoms with Gasteiger partial charge in [0.25, 0.3) is 0 Å². The molecule has 2 rings (SSSR count). The van der Waals surface area contributed by atoms with E-state index in [2.05, 4.69) is 33.0 Å². The fraction of sp³-hybridized carbons (Fsp3) is 0.533. The molecule has 0 unspecified atom stereocenters. The standard InChI is InChI=1S/C15H21BrN2OS/c16-7-10-17-8-4-9-18(12-11-17)15(19)13-20-14-5-2-1-3-6-14/h1-3,5-6H,4,7-13H2. The molecule has 1 aliphatic rings. The van der Waals surface area contributed by atoms with Crippen LogP contribution in [0.5, 0.6) is 0 Å². The lowest BCUT2D eigenvalue weighted by atomic mass is 10.4. The second-order valence-corrected chi connectivity index (χ2v) is 6.71. The zero-order valence-corrected chi connectivity index (χ0v) is 14.0. The SMILES string of the molecule is O=C(CSc1ccccc1)N1CCCN(CCBr)CC1. The molecule has 0 aliphatic carbocycles. The molecule has 110 valence electrons. The maximum Gasteiger partial charge on any atom is 0.232 e. The molecule has 20 heavy (non-hydrogen) atoms. The Hall–Kier alpha value is -0.520. The molecule has 0 atom stereocenters. The number of hydrogen-bond acceptors (Lipinski definition) is 3. The van der Waals surface area contributed by atoms with Crippen LogP contribution in [-0.2, 0) is 4.79 Å². The summed E-state index contributed by atoms with van der Waals surface area (Å²) < 4.78 is 0. The Morgan fingerprint density at radius 3 is 2.70 bits per heavy atom. The van der Waals surface area contributed by atoms with Crippen LogP contribution in [0, 0.1) is 0 Å². The molecule has 1 aromatic rings. The molecule has 1 saturated heterocycles. The third-order valence-electron chi connectivity index (χ3n) is 3.45. The van der Waals surface area contributed by atoms with Crippen LogP contribution in [0.3, 0.4) is 0 Å². The molecular weight excluding hydrogens is 336 g/mol. The molecule has 1 fully saturated rings. The fourth-order valence-corrected chi connectivity index (χ4v) is 3.64. The molecule has 0 radical (unpaired) electrons. The Kier molecular flexibility index (Phi) is 6.90. The predicted molar refractivity (Wildman–Crippen MR) is 88.6 cm³/mol. The highest BCUT2D eigenvalue weighted by Crippen LogP contribution is 2.17. The Balaban J connectivity index is 1.77. The van der Waals surface area contributed by atoms with Gasteiger partial charge in [-0.3, -0.25) is 4.79 Å². The van der Waals surface area contributed by atoms with Gasteiger partial charge in [0.05, 0.1) is 5.75 Å². The first-order chi connectivity index (χ1) is 9.79. The lowest BCUT2D eigenvalue weighted by molar-refractivity contribution is -0.128. The summed E-state index contributed by atoms with van der Waals surface area (Å²) in [5.74, 6) is 0.808. The summed E-state index contributed by atoms with van der Waals surface area (Å²) in [6, 6.07) is 10.1. The van der Waals surface area contributed by atoms with Gasteiger partial charge in [0, 0.05) is 36.4 Å². The molecule has 1 aromatic carbocycles. The number of benzene rings is 1. The molecule has 3 nitrogen and oxygen atoms in total. The first kappa shape index (κ1) is 15.9. The molecule has 0 saturated carbocycles. The van der Waals surface area contributed by atoms with E-state index in [1.165, 1.54) is 0 Å². The lowest BCUT2D eigenvalue weighted by Crippen LogP contribution is -2.36. The maximum absolute atomic E-state index is 12.3. The zero-order valence-electron chi connectivity index (χ0n) is 11.6. The molecule has 0 bridgehead atoms. The van der Waals surface area contributed by atoms with Crippen molar-refractivity contribution in [2.45, 2.75) is 11.3 Å². The van der Waals surface area contributed by atoms with Gasteiger partial charge < -0.3 is 9.80 Å². The summed E-state index contributed by atoms with van der Waals surface area (Å²) >= 11 is 5.11. The first-order valence-corrected chi connectivity index (χ1v) is 9.14. The van der Waals surface area contributed by atoms with Crippen molar-refractivity contribution in [1.29, 1.82) is 0 Å². The van der Waals surface area contributed by atoms with Gasteiger partial charge in [0.15, 0.2) is 0 Å². The van der Waals surface area contributed by atoms with Crippen molar-refractivity contribution in [1.82, 2.24) is 9.80 Å². The van der Waals surface area contributed by atoms with E-state index in [0.29, 0.717) is 5.75 Å². The van der Waals surface area contributed by atoms with Crippen LogP contribution in [-0.4, -0.2) is 59.5 Å². The summed E-state index contributed by atoms with van der Waals surface area (Å²) in [6.07, 6.45) is 1.08. The average molecular weight is 357 g/mol. The molecule has 1 heterocycles. The van der Waals surface area contributed by atoms with E-state index in [9.17, 15) is 4.79 Å². The van der Waals surface area contributed by atoms with Gasteiger partial charge in [-0.25, -0.2) is 0 Å². The molecule has 0 spiro atoms. The van der Waals surface area contributed by atoms with Crippen molar-refractivity contribution < 1.29 is 4.79 Å². The summed E-state index contributed by atoms with van der Waals surface area (Å²) in [5, 5.41) is 1.00. The van der Waals surface area contributed by atoms with Crippen molar-refractivity contribution in [3.63, 3.8) is 0 Å². The van der Waals surface area contributed by atoms with E-state index in [0.717, 1.165) is 49.4 Å². The average Bonchev–Trinajstić information content (AvgIpc) is 2.72. The van der Waals surface area contributed by atoms with Gasteiger partial charge in [-0.15, -0.1) is 11.8 Å². The minimum absolute atomic E-state index is 0.263. The van der Waals surface area contributed by atoms with Gasteiger partial charge in [-0.1, -0.05) is 34.1 Å². The summed E-state index contributed by atoms with van der Waals surface area (Å²) in [7, 11) is 0. The van der Waals surface area contributed by atoms with E-state index in [-0.39, 0.29) is 5.91 Å². The van der Waals surface area contributed by atoms with Crippen molar-refractivity contribution in [3.8, 4) is 0 Å². The first-order valence-electron chi connectivity index (χ1n) is 7.03. The van der Waals surface area contributed by atoms with Gasteiger partial charge >= 0.3 is 0 Å². The van der Waals surface area contributed by atoms with Crippen molar-refractivity contribution in [2.24, 2.45) is 0 Å². The van der Waals surface area contributed by atoms with E-state index in [1.807, 2.05) is 23.1 Å². The van der Waals surface area contributed by atoms with Gasteiger partial charge in [-0.2, -0.15) is 0 Å². The van der Waals surface area contributed by atoms with Crippen LogP contribution >= 0.6 is 27.7 Å². The predicted octanol–water partition coefficient (Wildman–Crippen LogP) is 2.71. The van der Waals surface area contributed by atoms with E-state index in [4.69, 9.17) is 0 Å². The number of carbonyl (C=O) groups excluding carboxylic acids is 1. The maximum atomic E-state index is 12.3. The van der Waals surface area contributed by atoms with Crippen LogP contribution < -0.4 is 0 Å². The van der Waals surface area contributed by atoms with Gasteiger partial charge in [0.2, 0.25) is 5.91 Å². The monoisotopic (exact) mass is 356 g/mol. The number of nitrogens with zero attached hydrogens (tertiary/aromatic N) is 2. The van der Waals surface area contributed by atoms with Crippen LogP contribution in [0.4, 0.5) is 0 Å². The van der Waals surface area contributed by atoms with Crippen molar-refractivity contribution in [3.05, 3.63) is 30.3 Å². The highest BCUT2D eigenvalue weighted by molar-refractivity contribution is 9.09. The summed E-state index contributed by atoms with van der Waals surface area (Å²) in [4.78, 5) is 17.9. The highest BCUT2D eigenvalue weighted by Gasteiger charge is 2.18. The van der Waals surface area contributed by atoms with E-state index in [1.54, 1.807) is 11.8 Å². The zero-order chi connectivity index (χ0) is 14.2. The van der Waals surface area contributed by atoms with Gasteiger partial charge in [-0.05, 0) is 25.1 Å². The molecule has 1 amide bonds. The number of carbonyl (C=O) groups is 1. The highest BCUT2D eigenvalue weighted by atomic mass is 79.9. The number of alkyl halides is 1. The quantitative estimate of drug-likeness (QED) is 0.598. The number of hydrogen-bond donors (Lipinski definition) is 0. The van der Waals surface area contributed by atoms with E-state index >= 15 is 0 Å². The summed E-state index contributed by atoms with van der Waals surface area (Å²) in [5.41, 5.74) is 0. The molecule has 1 aliphatic heterocycles. The third-order valence-corrected chi connectivity index (χ3v) is 4.80. The Morgan fingerprint density at radius 2 is 1.95 bits per heavy atom. The number of amides is 1. The normalized spacial score (nSPS) is 16.9. The minimum atomic E-state index is 0.263. The Bertz CT molecular complexity index is 416. The van der Waals surface area contributed by atoms with E-state index < -0.39 is 0 Å². The second-order valence-electron chi connectivity index (χ2n) is 4.87. The van der Waals surface area contributed by atoms with Crippen molar-refractivity contribution in [2.75, 3.05) is 43.8 Å². The smallest absolute Gasteiger partial charge is 0.232 e. The fourth-order valence-electron chi connectivity index (χ4n) is 2.32. The number of halogens is 1. The number of thioether (sulfide) groups is 1. The minimum Gasteiger partial charge on any atom is -0.341 e. The molecular formula is C15H21BrN2OS. The van der Waals surface area contributed by atoms with Crippen LogP contribution in [0.15, 0.2) is 35.2 Å². The Labute approximate surface area is 133 Å². The van der Waals surface area contributed by atoms with Crippen molar-refractivity contribution >= 4 is 33.6 Å². The molecule has 5 heteroatoms. The molecule has 0 aromatic heterocycles. The Morgan fingerprint density at radius 1 is 1.15 bits per heavy atom. The molecule has 0 N–H and O–H groups in total. The lowest BCUT2D eigenvalue weighted by Gasteiger charge is -2.21. The summed E-state index contributed by atoms with van der Waals surface area (Å²) in [6.45, 7) is 4.92. The van der Waals surface area contributed by atoms with Gasteiger partial charge in [0.1, 0.15) is 0 Å². The third kappa shape index (κ3) is 5.11. The topological polar surface area (TPSA) is 23.6 Å². The van der Waals surface area contributed by atoms with Crippen LogP contribution in [0.25, 0.3) is 0 Å².